The summed E-state index contributed by atoms with van der Waals surface area (Å²) in [7, 11) is 0. The van der Waals surface area contributed by atoms with Crippen LogP contribution in [0.25, 0.3) is 11.1 Å². The van der Waals surface area contributed by atoms with Gasteiger partial charge in [0.1, 0.15) is 5.00 Å². The second-order valence-corrected chi connectivity index (χ2v) is 7.85. The Balaban J connectivity index is 2.34. The molecule has 2 amide bonds. The maximum Gasteiger partial charge on any atom is 0.254 e. The van der Waals surface area contributed by atoms with E-state index in [2.05, 4.69) is 24.5 Å². The van der Waals surface area contributed by atoms with Gasteiger partial charge in [0.15, 0.2) is 0 Å². The van der Waals surface area contributed by atoms with Gasteiger partial charge in [0.05, 0.1) is 5.56 Å². The number of thiophene rings is 1. The smallest absolute Gasteiger partial charge is 0.254 e. The Labute approximate surface area is 153 Å². The molecule has 1 aromatic heterocycles. The minimum atomic E-state index is -0.145. The molecule has 134 valence electrons. The molecule has 2 rings (SSSR count). The molecule has 4 nitrogen and oxygen atoms in total. The highest BCUT2D eigenvalue weighted by Gasteiger charge is 2.21. The number of carbonyl (C=O) groups excluding carboxylic acids is 2. The molecular formula is C20H26N2O2S. The van der Waals surface area contributed by atoms with Crippen molar-refractivity contribution in [3.8, 4) is 11.1 Å². The maximum absolute atomic E-state index is 12.8. The number of amides is 2. The summed E-state index contributed by atoms with van der Waals surface area (Å²) in [6, 6.07) is 9.78. The van der Waals surface area contributed by atoms with E-state index in [-0.39, 0.29) is 17.7 Å². The zero-order valence-electron chi connectivity index (χ0n) is 15.3. The predicted octanol–water partition coefficient (Wildman–Crippen LogP) is 4.79. The van der Waals surface area contributed by atoms with Crippen molar-refractivity contribution in [2.75, 3.05) is 11.9 Å². The molecule has 0 aliphatic carbocycles. The highest BCUT2D eigenvalue weighted by molar-refractivity contribution is 7.15. The van der Waals surface area contributed by atoms with E-state index < -0.39 is 0 Å². The molecule has 1 heterocycles. The highest BCUT2D eigenvalue weighted by Crippen LogP contribution is 2.35. The van der Waals surface area contributed by atoms with Crippen molar-refractivity contribution in [2.45, 2.75) is 34.1 Å². The quantitative estimate of drug-likeness (QED) is 0.748. The third-order valence-corrected chi connectivity index (χ3v) is 4.52. The van der Waals surface area contributed by atoms with E-state index in [4.69, 9.17) is 0 Å². The van der Waals surface area contributed by atoms with Crippen LogP contribution in [0.1, 0.15) is 44.5 Å². The fourth-order valence-electron chi connectivity index (χ4n) is 2.44. The lowest BCUT2D eigenvalue weighted by Gasteiger charge is -2.12. The Morgan fingerprint density at radius 2 is 1.72 bits per heavy atom. The molecule has 0 radical (unpaired) electrons. The van der Waals surface area contributed by atoms with Gasteiger partial charge < -0.3 is 10.6 Å². The van der Waals surface area contributed by atoms with Crippen LogP contribution in [0, 0.1) is 11.8 Å². The van der Waals surface area contributed by atoms with Gasteiger partial charge in [-0.05, 0) is 17.4 Å². The number of nitrogens with one attached hydrogen (secondary N) is 2. The van der Waals surface area contributed by atoms with Crippen LogP contribution in [0.15, 0.2) is 35.7 Å². The van der Waals surface area contributed by atoms with E-state index in [9.17, 15) is 9.59 Å². The number of rotatable bonds is 7. The summed E-state index contributed by atoms with van der Waals surface area (Å²) in [6.07, 6.45) is 0.436. The fourth-order valence-corrected chi connectivity index (χ4v) is 3.42. The van der Waals surface area contributed by atoms with E-state index >= 15 is 0 Å². The van der Waals surface area contributed by atoms with Crippen molar-refractivity contribution in [3.63, 3.8) is 0 Å². The Morgan fingerprint density at radius 3 is 2.32 bits per heavy atom. The van der Waals surface area contributed by atoms with E-state index in [0.29, 0.717) is 29.4 Å². The largest absolute Gasteiger partial charge is 0.352 e. The number of anilines is 1. The molecule has 0 atom stereocenters. The van der Waals surface area contributed by atoms with Gasteiger partial charge in [0, 0.05) is 23.9 Å². The number of benzene rings is 1. The molecule has 25 heavy (non-hydrogen) atoms. The van der Waals surface area contributed by atoms with E-state index in [1.54, 1.807) is 0 Å². The van der Waals surface area contributed by atoms with Crippen LogP contribution in [0.4, 0.5) is 5.00 Å². The molecule has 0 saturated heterocycles. The zero-order chi connectivity index (χ0) is 18.4. The monoisotopic (exact) mass is 358 g/mol. The van der Waals surface area contributed by atoms with Crippen molar-refractivity contribution in [3.05, 3.63) is 41.3 Å². The first-order valence-corrected chi connectivity index (χ1v) is 9.51. The molecule has 0 aliphatic rings. The Morgan fingerprint density at radius 1 is 1.04 bits per heavy atom. The standard InChI is InChI=1S/C20H26N2O2S/c1-13(2)10-17(23)22-20-18(19(24)21-11-14(3)4)16(12-25-20)15-8-6-5-7-9-15/h5-9,12-14H,10-11H2,1-4H3,(H,21,24)(H,22,23). The van der Waals surface area contributed by atoms with Gasteiger partial charge in [-0.2, -0.15) is 0 Å². The van der Waals surface area contributed by atoms with Crippen molar-refractivity contribution in [1.82, 2.24) is 5.32 Å². The van der Waals surface area contributed by atoms with Crippen molar-refractivity contribution in [1.29, 1.82) is 0 Å². The summed E-state index contributed by atoms with van der Waals surface area (Å²) in [4.78, 5) is 24.9. The van der Waals surface area contributed by atoms with Crippen LogP contribution in [-0.4, -0.2) is 18.4 Å². The summed E-state index contributed by atoms with van der Waals surface area (Å²) >= 11 is 1.40. The van der Waals surface area contributed by atoms with Crippen LogP contribution < -0.4 is 10.6 Å². The molecule has 2 N–H and O–H groups in total. The average molecular weight is 359 g/mol. The summed E-state index contributed by atoms with van der Waals surface area (Å²) in [5.74, 6) is 0.427. The average Bonchev–Trinajstić information content (AvgIpc) is 2.96. The van der Waals surface area contributed by atoms with Crippen LogP contribution in [-0.2, 0) is 4.79 Å². The molecule has 0 saturated carbocycles. The van der Waals surface area contributed by atoms with Crippen LogP contribution in [0.5, 0.6) is 0 Å². The van der Waals surface area contributed by atoms with E-state index in [0.717, 1.165) is 11.1 Å². The highest BCUT2D eigenvalue weighted by atomic mass is 32.1. The van der Waals surface area contributed by atoms with E-state index in [1.165, 1.54) is 11.3 Å². The van der Waals surface area contributed by atoms with Crippen LogP contribution in [0.2, 0.25) is 0 Å². The van der Waals surface area contributed by atoms with Gasteiger partial charge in [0.25, 0.3) is 5.91 Å². The first kappa shape index (κ1) is 19.2. The van der Waals surface area contributed by atoms with Gasteiger partial charge in [-0.25, -0.2) is 0 Å². The number of hydrogen-bond donors (Lipinski definition) is 2. The molecule has 0 aliphatic heterocycles. The molecule has 0 spiro atoms. The van der Waals surface area contributed by atoms with Gasteiger partial charge in [-0.15, -0.1) is 11.3 Å². The van der Waals surface area contributed by atoms with Crippen molar-refractivity contribution >= 4 is 28.2 Å². The minimum absolute atomic E-state index is 0.0608. The van der Waals surface area contributed by atoms with Gasteiger partial charge in [-0.3, -0.25) is 9.59 Å². The van der Waals surface area contributed by atoms with E-state index in [1.807, 2.05) is 49.6 Å². The third kappa shape index (κ3) is 5.43. The summed E-state index contributed by atoms with van der Waals surface area (Å²) in [5, 5.41) is 8.44. The van der Waals surface area contributed by atoms with Gasteiger partial charge in [0.2, 0.25) is 5.91 Å². The zero-order valence-corrected chi connectivity index (χ0v) is 16.1. The molecular weight excluding hydrogens is 332 g/mol. The lowest BCUT2D eigenvalue weighted by atomic mass is 10.0. The third-order valence-electron chi connectivity index (χ3n) is 3.62. The summed E-state index contributed by atoms with van der Waals surface area (Å²) in [5.41, 5.74) is 2.37. The van der Waals surface area contributed by atoms with Crippen molar-refractivity contribution < 1.29 is 9.59 Å². The Kier molecular flexibility index (Phi) is 6.76. The molecule has 0 bridgehead atoms. The fraction of sp³-hybridized carbons (Fsp3) is 0.400. The summed E-state index contributed by atoms with van der Waals surface area (Å²) < 4.78 is 0. The second-order valence-electron chi connectivity index (χ2n) is 6.97. The lowest BCUT2D eigenvalue weighted by Crippen LogP contribution is -2.28. The predicted molar refractivity (Wildman–Crippen MR) is 105 cm³/mol. The number of carbonyl (C=O) groups is 2. The second kappa shape index (κ2) is 8.81. The molecule has 0 unspecified atom stereocenters. The molecule has 1 aromatic carbocycles. The van der Waals surface area contributed by atoms with Gasteiger partial charge >= 0.3 is 0 Å². The first-order valence-electron chi connectivity index (χ1n) is 8.63. The van der Waals surface area contributed by atoms with Gasteiger partial charge in [-0.1, -0.05) is 58.0 Å². The number of hydrogen-bond acceptors (Lipinski definition) is 3. The Hall–Kier alpha value is -2.14. The Bertz CT molecular complexity index is 721. The normalized spacial score (nSPS) is 11.0. The summed E-state index contributed by atoms with van der Waals surface area (Å²) in [6.45, 7) is 8.70. The SMILES string of the molecule is CC(C)CNC(=O)c1c(-c2ccccc2)csc1NC(=O)CC(C)C. The van der Waals surface area contributed by atoms with Crippen molar-refractivity contribution in [2.24, 2.45) is 11.8 Å². The minimum Gasteiger partial charge on any atom is -0.352 e. The van der Waals surface area contributed by atoms with Crippen LogP contribution >= 0.6 is 11.3 Å². The topological polar surface area (TPSA) is 58.2 Å². The lowest BCUT2D eigenvalue weighted by molar-refractivity contribution is -0.116. The molecule has 2 aromatic rings. The van der Waals surface area contributed by atoms with Crippen LogP contribution in [0.3, 0.4) is 0 Å². The first-order chi connectivity index (χ1) is 11.9. The maximum atomic E-state index is 12.8. The molecule has 0 fully saturated rings. The molecule has 5 heteroatoms.